The van der Waals surface area contributed by atoms with Gasteiger partial charge in [-0.05, 0) is 60.6 Å². The summed E-state index contributed by atoms with van der Waals surface area (Å²) >= 11 is 0. The Morgan fingerprint density at radius 3 is 2.75 bits per heavy atom. The van der Waals surface area contributed by atoms with E-state index >= 15 is 0 Å². The first-order chi connectivity index (χ1) is 13.5. The highest BCUT2D eigenvalue weighted by molar-refractivity contribution is 5.74. The number of nitrogens with zero attached hydrogens (tertiary/aromatic N) is 2. The minimum absolute atomic E-state index is 0.00778. The summed E-state index contributed by atoms with van der Waals surface area (Å²) in [4.78, 5) is 11.4. The number of rotatable bonds is 4. The van der Waals surface area contributed by atoms with Crippen LogP contribution in [0.5, 0.6) is 5.75 Å². The summed E-state index contributed by atoms with van der Waals surface area (Å²) in [6.45, 7) is 3.99. The first-order valence-corrected chi connectivity index (χ1v) is 9.32. The fourth-order valence-electron chi connectivity index (χ4n) is 4.44. The largest absolute Gasteiger partial charge is 0.479 e. The highest BCUT2D eigenvalue weighted by Gasteiger charge is 2.41. The summed E-state index contributed by atoms with van der Waals surface area (Å²) in [5.74, 6) is 1.10. The van der Waals surface area contributed by atoms with Crippen molar-refractivity contribution >= 4 is 11.4 Å². The Labute approximate surface area is 163 Å². The molecule has 4 rings (SSSR count). The third-order valence-electron chi connectivity index (χ3n) is 5.89. The Morgan fingerprint density at radius 1 is 1.32 bits per heavy atom. The molecule has 0 amide bonds. The second-order valence-corrected chi connectivity index (χ2v) is 7.37. The summed E-state index contributed by atoms with van der Waals surface area (Å²) in [6.07, 6.45) is 5.30. The Bertz CT molecular complexity index is 1010. The number of aryl methyl sites for hydroxylation is 1. The summed E-state index contributed by atoms with van der Waals surface area (Å²) in [5, 5.41) is 23.9. The number of benzene rings is 2. The molecule has 1 aliphatic carbocycles. The van der Waals surface area contributed by atoms with Gasteiger partial charge in [-0.15, -0.1) is 0 Å². The van der Waals surface area contributed by atoms with Crippen LogP contribution in [0.4, 0.5) is 11.4 Å². The van der Waals surface area contributed by atoms with Crippen LogP contribution in [-0.4, -0.2) is 11.5 Å². The molecule has 2 aromatic carbocycles. The van der Waals surface area contributed by atoms with E-state index in [4.69, 9.17) is 10.00 Å². The Hall–Kier alpha value is -3.33. The number of ether oxygens (including phenoxy) is 1. The van der Waals surface area contributed by atoms with E-state index in [1.165, 1.54) is 0 Å². The van der Waals surface area contributed by atoms with Crippen LogP contribution in [0.3, 0.4) is 0 Å². The zero-order valence-electron chi connectivity index (χ0n) is 15.8. The monoisotopic (exact) mass is 375 g/mol. The minimum atomic E-state index is -0.298. The lowest BCUT2D eigenvalue weighted by molar-refractivity contribution is -0.384. The molecular formula is C22H21N3O3. The van der Waals surface area contributed by atoms with E-state index in [0.717, 1.165) is 28.7 Å². The van der Waals surface area contributed by atoms with Gasteiger partial charge in [-0.2, -0.15) is 5.26 Å². The summed E-state index contributed by atoms with van der Waals surface area (Å²) < 4.78 is 5.34. The van der Waals surface area contributed by atoms with E-state index in [2.05, 4.69) is 17.5 Å². The van der Waals surface area contributed by atoms with Crippen LogP contribution in [0.2, 0.25) is 0 Å². The van der Waals surface area contributed by atoms with Gasteiger partial charge in [-0.1, -0.05) is 24.3 Å². The normalized spacial score (nSPS) is 22.0. The number of nitro benzene ring substituents is 1. The van der Waals surface area contributed by atoms with Crippen LogP contribution >= 0.6 is 0 Å². The molecule has 3 atom stereocenters. The molecule has 0 radical (unpaired) electrons. The number of hydrogen-bond acceptors (Lipinski definition) is 5. The maximum absolute atomic E-state index is 11.7. The van der Waals surface area contributed by atoms with Gasteiger partial charge in [-0.3, -0.25) is 10.1 Å². The standard InChI is InChI=1S/C22H21N3O3/c1-13-12-19(25(26)27)22-20(14(13)2)17-4-3-5-18(17)21(24-22)15-6-8-16(9-7-15)28-11-10-23/h3-4,6-9,12,17-18,21,24H,5,11H2,1-2H3/t17?,18?,21-/m1/s1. The van der Waals surface area contributed by atoms with Gasteiger partial charge in [0.25, 0.3) is 5.69 Å². The van der Waals surface area contributed by atoms with Crippen LogP contribution in [0.25, 0.3) is 0 Å². The molecule has 0 saturated carbocycles. The highest BCUT2D eigenvalue weighted by Crippen LogP contribution is 2.53. The molecule has 6 heteroatoms. The molecule has 142 valence electrons. The molecule has 0 spiro atoms. The third kappa shape index (κ3) is 2.89. The van der Waals surface area contributed by atoms with E-state index < -0.39 is 0 Å². The Morgan fingerprint density at radius 2 is 2.07 bits per heavy atom. The van der Waals surface area contributed by atoms with Crippen molar-refractivity contribution < 1.29 is 9.66 Å². The van der Waals surface area contributed by atoms with Crippen molar-refractivity contribution in [2.45, 2.75) is 32.2 Å². The predicted molar refractivity (Wildman–Crippen MR) is 106 cm³/mol. The number of nitrogens with one attached hydrogen (secondary N) is 1. The molecule has 2 aromatic rings. The lowest BCUT2D eigenvalue weighted by Gasteiger charge is -2.38. The minimum Gasteiger partial charge on any atom is -0.479 e. The van der Waals surface area contributed by atoms with Crippen LogP contribution in [0.1, 0.15) is 40.6 Å². The maximum atomic E-state index is 11.7. The van der Waals surface area contributed by atoms with Crippen LogP contribution in [-0.2, 0) is 0 Å². The van der Waals surface area contributed by atoms with E-state index in [1.807, 2.05) is 44.2 Å². The van der Waals surface area contributed by atoms with Crippen LogP contribution < -0.4 is 10.1 Å². The van der Waals surface area contributed by atoms with Crippen molar-refractivity contribution in [1.82, 2.24) is 0 Å². The van der Waals surface area contributed by atoms with E-state index in [1.54, 1.807) is 6.07 Å². The number of fused-ring (bicyclic) bond motifs is 3. The average Bonchev–Trinajstić information content (AvgIpc) is 3.18. The van der Waals surface area contributed by atoms with E-state index in [9.17, 15) is 10.1 Å². The molecule has 0 saturated heterocycles. The average molecular weight is 375 g/mol. The molecule has 1 heterocycles. The molecule has 2 aliphatic rings. The number of allylic oxidation sites excluding steroid dienone is 2. The van der Waals surface area contributed by atoms with Gasteiger partial charge in [0.1, 0.15) is 17.5 Å². The summed E-state index contributed by atoms with van der Waals surface area (Å²) in [5.41, 5.74) is 4.94. The second-order valence-electron chi connectivity index (χ2n) is 7.37. The third-order valence-corrected chi connectivity index (χ3v) is 5.89. The summed E-state index contributed by atoms with van der Waals surface area (Å²) in [7, 11) is 0. The maximum Gasteiger partial charge on any atom is 0.292 e. The quantitative estimate of drug-likeness (QED) is 0.464. The molecular weight excluding hydrogens is 354 g/mol. The zero-order valence-corrected chi connectivity index (χ0v) is 15.8. The van der Waals surface area contributed by atoms with Gasteiger partial charge in [0.15, 0.2) is 6.61 Å². The van der Waals surface area contributed by atoms with Crippen molar-refractivity contribution in [3.05, 3.63) is 74.9 Å². The lowest BCUT2D eigenvalue weighted by Crippen LogP contribution is -2.30. The number of anilines is 1. The molecule has 0 bridgehead atoms. The number of hydrogen-bond donors (Lipinski definition) is 1. The first kappa shape index (κ1) is 18.1. The van der Waals surface area contributed by atoms with E-state index in [-0.39, 0.29) is 29.2 Å². The molecule has 28 heavy (non-hydrogen) atoms. The molecule has 1 N–H and O–H groups in total. The highest BCUT2D eigenvalue weighted by atomic mass is 16.6. The topological polar surface area (TPSA) is 88.2 Å². The molecule has 0 fully saturated rings. The van der Waals surface area contributed by atoms with Gasteiger partial charge in [0.2, 0.25) is 0 Å². The molecule has 0 aromatic heterocycles. The first-order valence-electron chi connectivity index (χ1n) is 9.32. The summed E-state index contributed by atoms with van der Waals surface area (Å²) in [6, 6.07) is 11.2. The van der Waals surface area contributed by atoms with Gasteiger partial charge in [-0.25, -0.2) is 0 Å². The fourth-order valence-corrected chi connectivity index (χ4v) is 4.44. The zero-order chi connectivity index (χ0) is 19.8. The number of nitro groups is 1. The van der Waals surface area contributed by atoms with Gasteiger partial charge in [0, 0.05) is 12.0 Å². The van der Waals surface area contributed by atoms with Gasteiger partial charge < -0.3 is 10.1 Å². The second kappa shape index (κ2) is 7.01. The van der Waals surface area contributed by atoms with Crippen LogP contribution in [0, 0.1) is 41.2 Å². The van der Waals surface area contributed by atoms with Gasteiger partial charge in [0.05, 0.1) is 11.0 Å². The van der Waals surface area contributed by atoms with E-state index in [0.29, 0.717) is 17.4 Å². The van der Waals surface area contributed by atoms with Gasteiger partial charge >= 0.3 is 0 Å². The SMILES string of the molecule is Cc1cc([N+](=O)[O-])c2c(c1C)C1C=CCC1[C@@H](c1ccc(OCC#N)cc1)N2. The van der Waals surface area contributed by atoms with Crippen molar-refractivity contribution in [3.63, 3.8) is 0 Å². The Balaban J connectivity index is 1.77. The smallest absolute Gasteiger partial charge is 0.292 e. The van der Waals surface area contributed by atoms with Crippen molar-refractivity contribution in [2.75, 3.05) is 11.9 Å². The van der Waals surface area contributed by atoms with Crippen molar-refractivity contribution in [1.29, 1.82) is 5.26 Å². The van der Waals surface area contributed by atoms with Crippen molar-refractivity contribution in [3.8, 4) is 11.8 Å². The predicted octanol–water partition coefficient (Wildman–Crippen LogP) is 4.94. The Kier molecular flexibility index (Phi) is 4.52. The molecule has 2 unspecified atom stereocenters. The molecule has 1 aliphatic heterocycles. The number of nitriles is 1. The molecule has 6 nitrogen and oxygen atoms in total. The van der Waals surface area contributed by atoms with Crippen LogP contribution in [0.15, 0.2) is 42.5 Å². The van der Waals surface area contributed by atoms with Crippen molar-refractivity contribution in [2.24, 2.45) is 5.92 Å². The fraction of sp³-hybridized carbons (Fsp3) is 0.318. The lowest BCUT2D eigenvalue weighted by atomic mass is 9.74.